The van der Waals surface area contributed by atoms with Gasteiger partial charge in [-0.2, -0.15) is 0 Å². The zero-order chi connectivity index (χ0) is 10.3. The molecule has 1 unspecified atom stereocenters. The molecule has 5 heteroatoms. The third-order valence-corrected chi connectivity index (χ3v) is 1.57. The molecule has 0 fully saturated rings. The van der Waals surface area contributed by atoms with Gasteiger partial charge in [0.1, 0.15) is 6.04 Å². The molecule has 13 heavy (non-hydrogen) atoms. The minimum absolute atomic E-state index is 0.261. The van der Waals surface area contributed by atoms with Gasteiger partial charge in [-0.05, 0) is 0 Å². The van der Waals surface area contributed by atoms with Crippen molar-refractivity contribution in [2.45, 2.75) is 25.8 Å². The number of carbonyl (C=O) groups is 2. The number of carbonyl (C=O) groups excluding carboxylic acids is 1. The molecule has 5 nitrogen and oxygen atoms in total. The third-order valence-electron chi connectivity index (χ3n) is 1.57. The highest BCUT2D eigenvalue weighted by Gasteiger charge is 2.18. The monoisotopic (exact) mass is 189 g/mol. The number of rotatable bonds is 6. The topological polar surface area (TPSA) is 75.6 Å². The normalized spacial score (nSPS) is 12.2. The summed E-state index contributed by atoms with van der Waals surface area (Å²) < 4.78 is 4.72. The summed E-state index contributed by atoms with van der Waals surface area (Å²) in [5.41, 5.74) is 0. The minimum atomic E-state index is -1.03. The van der Waals surface area contributed by atoms with Gasteiger partial charge >= 0.3 is 5.97 Å². The fourth-order valence-electron chi connectivity index (χ4n) is 0.789. The number of nitrogens with one attached hydrogen (secondary N) is 1. The van der Waals surface area contributed by atoms with E-state index < -0.39 is 12.0 Å². The van der Waals surface area contributed by atoms with Crippen molar-refractivity contribution < 1.29 is 19.4 Å². The molecule has 0 aromatic rings. The van der Waals surface area contributed by atoms with Crippen molar-refractivity contribution in [2.75, 3.05) is 13.7 Å². The number of ether oxygens (including phenoxy) is 1. The zero-order valence-corrected chi connectivity index (χ0v) is 7.87. The van der Waals surface area contributed by atoms with E-state index >= 15 is 0 Å². The van der Waals surface area contributed by atoms with E-state index in [0.717, 1.165) is 0 Å². The number of carboxylic acids is 1. The molecule has 76 valence electrons. The molecule has 1 atom stereocenters. The minimum Gasteiger partial charge on any atom is -0.480 e. The average molecular weight is 189 g/mol. The summed E-state index contributed by atoms with van der Waals surface area (Å²) in [6.45, 7) is 1.99. The largest absolute Gasteiger partial charge is 0.480 e. The second-order valence-electron chi connectivity index (χ2n) is 2.59. The number of methoxy groups -OCH3 is 1. The summed E-state index contributed by atoms with van der Waals surface area (Å²) in [7, 11) is 1.49. The molecule has 0 aliphatic carbocycles. The van der Waals surface area contributed by atoms with Gasteiger partial charge in [0.25, 0.3) is 0 Å². The highest BCUT2D eigenvalue weighted by Crippen LogP contribution is 1.93. The van der Waals surface area contributed by atoms with Crippen LogP contribution in [0.3, 0.4) is 0 Å². The number of carboxylic acid groups (broad SMARTS) is 1. The Hall–Kier alpha value is -1.10. The molecular weight excluding hydrogens is 174 g/mol. The number of aliphatic carboxylic acids is 1. The lowest BCUT2D eigenvalue weighted by molar-refractivity contribution is -0.142. The summed E-state index contributed by atoms with van der Waals surface area (Å²) in [4.78, 5) is 21.5. The van der Waals surface area contributed by atoms with E-state index in [0.29, 0.717) is 6.61 Å². The summed E-state index contributed by atoms with van der Waals surface area (Å²) >= 11 is 0. The van der Waals surface area contributed by atoms with Gasteiger partial charge in [0.05, 0.1) is 0 Å². The lowest BCUT2D eigenvalue weighted by atomic mass is 10.2. The molecule has 0 heterocycles. The number of hydrogen-bond acceptors (Lipinski definition) is 3. The standard InChI is InChI=1S/C8H15NO4/c1-3-7(10)9-6(8(11)12)4-5-13-2/h6H,3-5H2,1-2H3,(H,9,10)(H,11,12). The van der Waals surface area contributed by atoms with Crippen LogP contribution < -0.4 is 5.32 Å². The van der Waals surface area contributed by atoms with Crippen molar-refractivity contribution >= 4 is 11.9 Å². The first-order chi connectivity index (χ1) is 6.11. The van der Waals surface area contributed by atoms with Crippen LogP contribution in [0.2, 0.25) is 0 Å². The highest BCUT2D eigenvalue weighted by molar-refractivity contribution is 5.83. The molecule has 2 N–H and O–H groups in total. The van der Waals surface area contributed by atoms with Gasteiger partial charge in [-0.1, -0.05) is 6.92 Å². The lowest BCUT2D eigenvalue weighted by Crippen LogP contribution is -2.41. The van der Waals surface area contributed by atoms with Gasteiger partial charge in [-0.15, -0.1) is 0 Å². The van der Waals surface area contributed by atoms with Crippen molar-refractivity contribution in [3.63, 3.8) is 0 Å². The van der Waals surface area contributed by atoms with E-state index in [1.165, 1.54) is 7.11 Å². The van der Waals surface area contributed by atoms with Gasteiger partial charge in [0, 0.05) is 26.6 Å². The van der Waals surface area contributed by atoms with Gasteiger partial charge in [0.15, 0.2) is 0 Å². The van der Waals surface area contributed by atoms with E-state index in [-0.39, 0.29) is 18.7 Å². The molecule has 0 rings (SSSR count). The summed E-state index contributed by atoms with van der Waals surface area (Å²) in [5.74, 6) is -1.29. The fraction of sp³-hybridized carbons (Fsp3) is 0.750. The zero-order valence-electron chi connectivity index (χ0n) is 7.87. The Labute approximate surface area is 77.1 Å². The first-order valence-electron chi connectivity index (χ1n) is 4.13. The molecule has 0 saturated heterocycles. The molecular formula is C8H15NO4. The van der Waals surface area contributed by atoms with Crippen molar-refractivity contribution in [3.8, 4) is 0 Å². The van der Waals surface area contributed by atoms with Crippen LogP contribution in [0.4, 0.5) is 0 Å². The average Bonchev–Trinajstić information content (AvgIpc) is 2.11. The van der Waals surface area contributed by atoms with E-state index in [4.69, 9.17) is 9.84 Å². The van der Waals surface area contributed by atoms with Gasteiger partial charge in [0.2, 0.25) is 5.91 Å². The first-order valence-corrected chi connectivity index (χ1v) is 4.13. The molecule has 0 bridgehead atoms. The predicted octanol–water partition coefficient (Wildman–Crippen LogP) is 0.00230. The van der Waals surface area contributed by atoms with Gasteiger partial charge < -0.3 is 15.2 Å². The molecule has 0 aliphatic rings. The maximum atomic E-state index is 10.9. The van der Waals surface area contributed by atoms with Crippen LogP contribution in [-0.2, 0) is 14.3 Å². The highest BCUT2D eigenvalue weighted by atomic mass is 16.5. The van der Waals surface area contributed by atoms with Crippen molar-refractivity contribution in [1.29, 1.82) is 0 Å². The van der Waals surface area contributed by atoms with E-state index in [2.05, 4.69) is 5.32 Å². The maximum absolute atomic E-state index is 10.9. The van der Waals surface area contributed by atoms with Crippen molar-refractivity contribution in [3.05, 3.63) is 0 Å². The van der Waals surface area contributed by atoms with E-state index in [9.17, 15) is 9.59 Å². The Morgan fingerprint density at radius 1 is 1.54 bits per heavy atom. The van der Waals surface area contributed by atoms with Gasteiger partial charge in [-0.3, -0.25) is 4.79 Å². The number of hydrogen-bond donors (Lipinski definition) is 2. The Kier molecular flexibility index (Phi) is 5.88. The Morgan fingerprint density at radius 2 is 2.15 bits per heavy atom. The molecule has 1 amide bonds. The van der Waals surface area contributed by atoms with Crippen LogP contribution in [0.1, 0.15) is 19.8 Å². The molecule has 0 saturated carbocycles. The molecule has 0 aromatic carbocycles. The number of amides is 1. The van der Waals surface area contributed by atoms with Crippen LogP contribution >= 0.6 is 0 Å². The molecule has 0 spiro atoms. The molecule has 0 aromatic heterocycles. The Balaban J connectivity index is 3.94. The molecule has 0 radical (unpaired) electrons. The lowest BCUT2D eigenvalue weighted by Gasteiger charge is -2.12. The van der Waals surface area contributed by atoms with Crippen LogP contribution in [0, 0.1) is 0 Å². The van der Waals surface area contributed by atoms with Crippen LogP contribution in [0.5, 0.6) is 0 Å². The van der Waals surface area contributed by atoms with Crippen molar-refractivity contribution in [1.82, 2.24) is 5.32 Å². The van der Waals surface area contributed by atoms with E-state index in [1.54, 1.807) is 6.92 Å². The van der Waals surface area contributed by atoms with Crippen LogP contribution in [0.15, 0.2) is 0 Å². The summed E-state index contributed by atoms with van der Waals surface area (Å²) in [6.07, 6.45) is 0.578. The predicted molar refractivity (Wildman–Crippen MR) is 46.4 cm³/mol. The Morgan fingerprint density at radius 3 is 2.54 bits per heavy atom. The second-order valence-corrected chi connectivity index (χ2v) is 2.59. The SMILES string of the molecule is CCC(=O)NC(CCOC)C(=O)O. The van der Waals surface area contributed by atoms with E-state index in [1.807, 2.05) is 0 Å². The first kappa shape index (κ1) is 11.9. The fourth-order valence-corrected chi connectivity index (χ4v) is 0.789. The maximum Gasteiger partial charge on any atom is 0.326 e. The third kappa shape index (κ3) is 5.19. The molecule has 0 aliphatic heterocycles. The quantitative estimate of drug-likeness (QED) is 0.616. The smallest absolute Gasteiger partial charge is 0.326 e. The van der Waals surface area contributed by atoms with Crippen LogP contribution in [0.25, 0.3) is 0 Å². The Bertz CT molecular complexity index is 181. The van der Waals surface area contributed by atoms with Crippen LogP contribution in [-0.4, -0.2) is 36.7 Å². The van der Waals surface area contributed by atoms with Crippen molar-refractivity contribution in [2.24, 2.45) is 0 Å². The van der Waals surface area contributed by atoms with Gasteiger partial charge in [-0.25, -0.2) is 4.79 Å². The second kappa shape index (κ2) is 6.42. The summed E-state index contributed by atoms with van der Waals surface area (Å²) in [6, 6.07) is -0.840. The summed E-state index contributed by atoms with van der Waals surface area (Å²) in [5, 5.41) is 11.1.